The molecule has 0 spiro atoms. The summed E-state index contributed by atoms with van der Waals surface area (Å²) in [6.45, 7) is 27.5. The van der Waals surface area contributed by atoms with E-state index in [1.54, 1.807) is 0 Å². The molecule has 1 saturated heterocycles. The van der Waals surface area contributed by atoms with Gasteiger partial charge in [0.2, 0.25) is 11.8 Å². The molecule has 8 bridgehead atoms. The first-order valence-corrected chi connectivity index (χ1v) is 24.5. The van der Waals surface area contributed by atoms with E-state index in [1.807, 2.05) is 69.2 Å². The molecule has 0 aromatic heterocycles. The van der Waals surface area contributed by atoms with Crippen LogP contribution in [0.4, 0.5) is 0 Å². The van der Waals surface area contributed by atoms with Crippen LogP contribution in [0, 0.1) is 62.1 Å². The molecule has 0 aromatic carbocycles. The van der Waals surface area contributed by atoms with Crippen LogP contribution in [-0.2, 0) is 52.5 Å². The normalized spacial score (nSPS) is 35.3. The number of hydrogen-bond acceptors (Lipinski definition) is 12. The van der Waals surface area contributed by atoms with Crippen molar-refractivity contribution in [2.45, 2.75) is 267 Å². The minimum Gasteiger partial charge on any atom is -0.459 e. The first-order chi connectivity index (χ1) is 29.4. The molecule has 70 heavy (non-hydrogen) atoms. The van der Waals surface area contributed by atoms with E-state index in [-0.39, 0.29) is 97.8 Å². The molecule has 8 aliphatic carbocycles. The molecule has 8 saturated carbocycles. The molecule has 1 heterocycles. The van der Waals surface area contributed by atoms with Crippen molar-refractivity contribution in [1.29, 1.82) is 0 Å². The molecule has 410 valence electrons. The Balaban J connectivity index is 0.000000984. The number of hydrogen-bond donors (Lipinski definition) is 2. The van der Waals surface area contributed by atoms with Crippen molar-refractivity contribution in [3.63, 3.8) is 0 Å². The van der Waals surface area contributed by atoms with Crippen LogP contribution in [0.15, 0.2) is 0 Å². The van der Waals surface area contributed by atoms with E-state index in [0.29, 0.717) is 36.5 Å². The summed E-state index contributed by atoms with van der Waals surface area (Å²) in [5.41, 5.74) is -3.13. The van der Waals surface area contributed by atoms with Crippen molar-refractivity contribution in [2.75, 3.05) is 0 Å². The number of rotatable bonds is 12. The van der Waals surface area contributed by atoms with E-state index in [0.717, 1.165) is 50.9 Å². The second-order valence-electron chi connectivity index (χ2n) is 24.2. The monoisotopic (exact) mass is 996 g/mol. The lowest BCUT2D eigenvalue weighted by molar-refractivity contribution is -0.225. The third-order valence-electron chi connectivity index (χ3n) is 18.4. The van der Waals surface area contributed by atoms with Gasteiger partial charge in [0.05, 0.1) is 27.9 Å². The zero-order valence-electron chi connectivity index (χ0n) is 41.5. The van der Waals surface area contributed by atoms with Crippen LogP contribution in [0.1, 0.15) is 231 Å². The van der Waals surface area contributed by atoms with Gasteiger partial charge in [0, 0.05) is 25.2 Å². The summed E-state index contributed by atoms with van der Waals surface area (Å²) in [7, 11) is 0. The Hall–Kier alpha value is -3.06. The third kappa shape index (κ3) is 12.0. The largest absolute Gasteiger partial charge is 0.459 e. The van der Waals surface area contributed by atoms with E-state index < -0.39 is 63.5 Å². The molecular formula is C57H105NO12. The SMILES string of the molecule is C.C.C.C.C.C.CCC(C)(C)C(=O)OC(C)OC1CC2CCC1(C)C2(C)C.CCC(C)(C)C(=O)OC12CC3CC(CC(O)(C3)C1)C2.CCC(C)(C)C(=O)OC1C2CC3C1OC(=O)C3(C(=O)NC(C)=O)C2. The van der Waals surface area contributed by atoms with Gasteiger partial charge in [-0.2, -0.15) is 0 Å². The van der Waals surface area contributed by atoms with Crippen LogP contribution in [0.3, 0.4) is 0 Å². The average molecular weight is 996 g/mol. The molecule has 11 unspecified atom stereocenters. The lowest BCUT2D eigenvalue weighted by Gasteiger charge is -2.59. The summed E-state index contributed by atoms with van der Waals surface area (Å²) in [6.07, 6.45) is 11.0. The summed E-state index contributed by atoms with van der Waals surface area (Å²) in [5, 5.41) is 12.9. The fourth-order valence-electron chi connectivity index (χ4n) is 12.9. The smallest absolute Gasteiger partial charge is 0.322 e. The summed E-state index contributed by atoms with van der Waals surface area (Å²) < 4.78 is 28.7. The zero-order valence-corrected chi connectivity index (χ0v) is 41.5. The van der Waals surface area contributed by atoms with Gasteiger partial charge in [0.15, 0.2) is 11.7 Å². The Morgan fingerprint density at radius 2 is 1.27 bits per heavy atom. The topological polar surface area (TPSA) is 181 Å². The summed E-state index contributed by atoms with van der Waals surface area (Å²) in [5.74, 6) is -0.829. The van der Waals surface area contributed by atoms with Crippen LogP contribution in [0.5, 0.6) is 0 Å². The van der Waals surface area contributed by atoms with Gasteiger partial charge in [-0.1, -0.05) is 86.1 Å². The highest BCUT2D eigenvalue weighted by molar-refractivity contribution is 6.10. The second-order valence-corrected chi connectivity index (χ2v) is 24.2. The highest BCUT2D eigenvalue weighted by Crippen LogP contribution is 2.67. The van der Waals surface area contributed by atoms with E-state index in [2.05, 4.69) is 26.1 Å². The number of ether oxygens (including phenoxy) is 5. The fourth-order valence-corrected chi connectivity index (χ4v) is 12.9. The van der Waals surface area contributed by atoms with E-state index >= 15 is 0 Å². The first kappa shape index (κ1) is 66.9. The van der Waals surface area contributed by atoms with E-state index in [9.17, 15) is 33.9 Å². The lowest BCUT2D eigenvalue weighted by Crippen LogP contribution is -2.61. The molecule has 2 amide bonds. The van der Waals surface area contributed by atoms with Crippen LogP contribution < -0.4 is 5.32 Å². The fraction of sp³-hybridized carbons (Fsp3) is 0.895. The van der Waals surface area contributed by atoms with Gasteiger partial charge in [0.25, 0.3) is 0 Å². The molecule has 0 aromatic rings. The highest BCUT2D eigenvalue weighted by Gasteiger charge is 2.75. The number of amides is 2. The number of nitrogens with one attached hydrogen (secondary N) is 1. The molecule has 9 rings (SSSR count). The van der Waals surface area contributed by atoms with Crippen molar-refractivity contribution in [3.8, 4) is 0 Å². The van der Waals surface area contributed by atoms with Gasteiger partial charge in [-0.25, -0.2) is 0 Å². The molecule has 13 nitrogen and oxygen atoms in total. The van der Waals surface area contributed by atoms with Gasteiger partial charge in [-0.3, -0.25) is 34.1 Å². The number of imide groups is 1. The molecule has 13 heteroatoms. The van der Waals surface area contributed by atoms with Gasteiger partial charge in [-0.15, -0.1) is 0 Å². The Kier molecular flexibility index (Phi) is 22.0. The molecule has 2 N–H and O–H groups in total. The minimum absolute atomic E-state index is 0. The zero-order chi connectivity index (χ0) is 47.8. The summed E-state index contributed by atoms with van der Waals surface area (Å²) >= 11 is 0. The quantitative estimate of drug-likeness (QED) is 0.0818. The van der Waals surface area contributed by atoms with Gasteiger partial charge < -0.3 is 28.8 Å². The van der Waals surface area contributed by atoms with Crippen molar-refractivity contribution in [1.82, 2.24) is 5.32 Å². The van der Waals surface area contributed by atoms with Gasteiger partial charge in [-0.05, 0) is 161 Å². The Morgan fingerprint density at radius 3 is 1.73 bits per heavy atom. The predicted molar refractivity (Wildman–Crippen MR) is 278 cm³/mol. The van der Waals surface area contributed by atoms with Crippen LogP contribution in [-0.4, -0.2) is 76.6 Å². The van der Waals surface area contributed by atoms with Crippen molar-refractivity contribution in [3.05, 3.63) is 0 Å². The summed E-state index contributed by atoms with van der Waals surface area (Å²) in [6, 6.07) is 0. The Morgan fingerprint density at radius 1 is 0.757 bits per heavy atom. The maximum absolute atomic E-state index is 12.4. The van der Waals surface area contributed by atoms with Gasteiger partial charge >= 0.3 is 23.9 Å². The Bertz CT molecular complexity index is 1840. The maximum Gasteiger partial charge on any atom is 0.322 e. The number of carbonyl (C=O) groups is 6. The average Bonchev–Trinajstić information content (AvgIpc) is 3.90. The first-order valence-electron chi connectivity index (χ1n) is 24.5. The highest BCUT2D eigenvalue weighted by atomic mass is 16.7. The molecule has 9 aliphatic rings. The van der Waals surface area contributed by atoms with Crippen molar-refractivity contribution >= 4 is 35.7 Å². The van der Waals surface area contributed by atoms with Crippen LogP contribution in [0.25, 0.3) is 0 Å². The third-order valence-corrected chi connectivity index (χ3v) is 18.4. The number of fused-ring (bicyclic) bond motifs is 3. The van der Waals surface area contributed by atoms with E-state index in [1.165, 1.54) is 26.2 Å². The molecular weight excluding hydrogens is 891 g/mol. The van der Waals surface area contributed by atoms with Crippen LogP contribution in [0.2, 0.25) is 0 Å². The summed E-state index contributed by atoms with van der Waals surface area (Å²) in [4.78, 5) is 72.9. The standard InChI is InChI=1S/C18H32O3.C17H23NO6.C16H26O3.6CH4/c1-8-16(3,4)15(19)21-12(2)20-14-11-13-9-10-18(14,7)17(13,5)6;1-5-16(3,4)14(21)23-11-9-6-10-12(11)24-15(22)17(10,7-9)13(20)18-8(2)19;1-4-14(2,3)13(17)19-16-8-11-5-12(9-16)7-15(18,6-11)10-16;;;;;;/h12-14H,8-11H2,1-7H3;9-12H,5-7H2,1-4H3,(H,18,19,20);11-12,18H,4-10H2,1-3H3;6*1H4. The lowest BCUT2D eigenvalue weighted by atomic mass is 9.52. The molecule has 9 fully saturated rings. The second kappa shape index (κ2) is 23.0. The number of esters is 4. The molecule has 0 radical (unpaired) electrons. The number of aliphatic hydroxyl groups is 1. The minimum atomic E-state index is -1.30. The van der Waals surface area contributed by atoms with Crippen molar-refractivity contribution < 1.29 is 57.6 Å². The maximum atomic E-state index is 12.4. The van der Waals surface area contributed by atoms with Crippen molar-refractivity contribution in [2.24, 2.45) is 62.1 Å². The van der Waals surface area contributed by atoms with E-state index in [4.69, 9.17) is 23.7 Å². The van der Waals surface area contributed by atoms with Crippen LogP contribution >= 0.6 is 0 Å². The molecule has 1 aliphatic heterocycles. The predicted octanol–water partition coefficient (Wildman–Crippen LogP) is 12.4. The Labute approximate surface area is 426 Å². The van der Waals surface area contributed by atoms with Gasteiger partial charge in [0.1, 0.15) is 17.8 Å². The molecule has 11 atom stereocenters. The number of carbonyl (C=O) groups excluding carboxylic acids is 6.